The number of hydrogen-bond donors (Lipinski definition) is 1. The second kappa shape index (κ2) is 6.46. The van der Waals surface area contributed by atoms with E-state index in [9.17, 15) is 0 Å². The number of hydrogen-bond acceptors (Lipinski definition) is 4. The van der Waals surface area contributed by atoms with E-state index >= 15 is 0 Å². The Bertz CT molecular complexity index is 393. The van der Waals surface area contributed by atoms with E-state index in [-0.39, 0.29) is 6.04 Å². The molecule has 2 N–H and O–H groups in total. The summed E-state index contributed by atoms with van der Waals surface area (Å²) < 4.78 is 1.80. The molecule has 1 aromatic heterocycles. The Balaban J connectivity index is 2.22. The van der Waals surface area contributed by atoms with E-state index in [1.165, 1.54) is 10.6 Å². The maximum absolute atomic E-state index is 6.14. The summed E-state index contributed by atoms with van der Waals surface area (Å²) in [5.41, 5.74) is 6.00. The highest BCUT2D eigenvalue weighted by molar-refractivity contribution is 9.10. The molecule has 0 bridgehead atoms. The zero-order chi connectivity index (χ0) is 13.3. The van der Waals surface area contributed by atoms with Crippen molar-refractivity contribution >= 4 is 50.6 Å². The van der Waals surface area contributed by atoms with Crippen molar-refractivity contribution in [3.8, 4) is 0 Å². The summed E-state index contributed by atoms with van der Waals surface area (Å²) in [6, 6.07) is 2.96. The van der Waals surface area contributed by atoms with Crippen molar-refractivity contribution in [2.75, 3.05) is 18.8 Å². The summed E-state index contributed by atoms with van der Waals surface area (Å²) in [4.78, 5) is 3.79. The molecule has 2 rings (SSSR count). The minimum absolute atomic E-state index is 0.289. The predicted molar refractivity (Wildman–Crippen MR) is 86.9 cm³/mol. The van der Waals surface area contributed by atoms with Crippen LogP contribution in [0.4, 0.5) is 0 Å². The van der Waals surface area contributed by atoms with Gasteiger partial charge in [0.25, 0.3) is 0 Å². The first kappa shape index (κ1) is 15.1. The van der Waals surface area contributed by atoms with Gasteiger partial charge in [-0.2, -0.15) is 11.8 Å². The van der Waals surface area contributed by atoms with E-state index in [4.69, 9.17) is 17.3 Å². The molecule has 3 unspecified atom stereocenters. The van der Waals surface area contributed by atoms with Gasteiger partial charge in [-0.1, -0.05) is 18.5 Å². The molecule has 0 saturated carbocycles. The Labute approximate surface area is 130 Å². The second-order valence-corrected chi connectivity index (χ2v) is 8.60. The molecule has 1 aliphatic rings. The van der Waals surface area contributed by atoms with Gasteiger partial charge in [0.2, 0.25) is 0 Å². The summed E-state index contributed by atoms with van der Waals surface area (Å²) in [5.74, 6) is 1.18. The van der Waals surface area contributed by atoms with Gasteiger partial charge in [-0.25, -0.2) is 0 Å². The van der Waals surface area contributed by atoms with E-state index < -0.39 is 0 Å². The summed E-state index contributed by atoms with van der Waals surface area (Å²) in [6.45, 7) is 6.34. The summed E-state index contributed by atoms with van der Waals surface area (Å²) in [5, 5.41) is 0.659. The predicted octanol–water partition coefficient (Wildman–Crippen LogP) is 3.99. The largest absolute Gasteiger partial charge is 0.329 e. The highest BCUT2D eigenvalue weighted by atomic mass is 79.9. The Morgan fingerprint density at radius 2 is 2.33 bits per heavy atom. The summed E-state index contributed by atoms with van der Waals surface area (Å²) in [6.07, 6.45) is 0. The molecule has 2 nitrogen and oxygen atoms in total. The van der Waals surface area contributed by atoms with Crippen LogP contribution < -0.4 is 5.73 Å². The molecule has 0 radical (unpaired) electrons. The molecule has 6 heteroatoms. The van der Waals surface area contributed by atoms with E-state index in [1.807, 2.05) is 11.8 Å². The normalized spacial score (nSPS) is 27.4. The van der Waals surface area contributed by atoms with Gasteiger partial charge < -0.3 is 5.73 Å². The molecule has 2 heterocycles. The SMILES string of the molecule is CC1SCCN(C(CN)c2cc(Br)c(Cl)s2)C1C. The van der Waals surface area contributed by atoms with E-state index in [0.717, 1.165) is 15.4 Å². The fraction of sp³-hybridized carbons (Fsp3) is 0.667. The second-order valence-electron chi connectivity index (χ2n) is 4.58. The number of rotatable bonds is 3. The molecule has 3 atom stereocenters. The standard InChI is InChI=1S/C12H18BrClN2S2/c1-7-8(2)17-4-3-16(7)10(6-15)11-5-9(13)12(14)18-11/h5,7-8,10H,3-4,6,15H2,1-2H3. The fourth-order valence-electron chi connectivity index (χ4n) is 2.34. The monoisotopic (exact) mass is 368 g/mol. The molecule has 102 valence electrons. The molecule has 1 aliphatic heterocycles. The van der Waals surface area contributed by atoms with Crippen molar-refractivity contribution in [3.63, 3.8) is 0 Å². The molecular formula is C12H18BrClN2S2. The van der Waals surface area contributed by atoms with Crippen LogP contribution in [0.5, 0.6) is 0 Å². The lowest BCUT2D eigenvalue weighted by atomic mass is 10.1. The van der Waals surface area contributed by atoms with Crippen LogP contribution in [0.25, 0.3) is 0 Å². The van der Waals surface area contributed by atoms with Crippen molar-refractivity contribution in [2.45, 2.75) is 31.2 Å². The van der Waals surface area contributed by atoms with Crippen molar-refractivity contribution in [1.82, 2.24) is 4.90 Å². The van der Waals surface area contributed by atoms with Gasteiger partial charge >= 0.3 is 0 Å². The minimum Gasteiger partial charge on any atom is -0.329 e. The van der Waals surface area contributed by atoms with Crippen LogP contribution in [0.1, 0.15) is 24.8 Å². The van der Waals surface area contributed by atoms with Crippen molar-refractivity contribution in [1.29, 1.82) is 0 Å². The third-order valence-electron chi connectivity index (χ3n) is 3.55. The van der Waals surface area contributed by atoms with Crippen LogP contribution >= 0.6 is 50.6 Å². The van der Waals surface area contributed by atoms with Gasteiger partial charge in [0, 0.05) is 39.5 Å². The number of nitrogens with zero attached hydrogens (tertiary/aromatic N) is 1. The Kier molecular flexibility index (Phi) is 5.43. The van der Waals surface area contributed by atoms with Crippen LogP contribution in [0.15, 0.2) is 10.5 Å². The number of thioether (sulfide) groups is 1. The van der Waals surface area contributed by atoms with E-state index in [2.05, 4.69) is 40.7 Å². The Morgan fingerprint density at radius 1 is 1.61 bits per heavy atom. The van der Waals surface area contributed by atoms with Gasteiger partial charge in [-0.3, -0.25) is 4.90 Å². The lowest BCUT2D eigenvalue weighted by Gasteiger charge is -2.41. The first-order valence-electron chi connectivity index (χ1n) is 6.06. The Hall–Kier alpha value is 0.740. The average Bonchev–Trinajstić information content (AvgIpc) is 2.66. The fourth-order valence-corrected chi connectivity index (χ4v) is 5.33. The molecule has 1 fully saturated rings. The Morgan fingerprint density at radius 3 is 2.89 bits per heavy atom. The smallest absolute Gasteiger partial charge is 0.107 e. The summed E-state index contributed by atoms with van der Waals surface area (Å²) >= 11 is 13.3. The first-order chi connectivity index (χ1) is 8.54. The number of thiophene rings is 1. The molecule has 1 saturated heterocycles. The third kappa shape index (κ3) is 3.07. The number of nitrogens with two attached hydrogens (primary N) is 1. The van der Waals surface area contributed by atoms with Gasteiger partial charge in [0.05, 0.1) is 6.04 Å². The van der Waals surface area contributed by atoms with Crippen molar-refractivity contribution < 1.29 is 0 Å². The molecule has 0 spiro atoms. The first-order valence-corrected chi connectivity index (χ1v) is 9.10. The van der Waals surface area contributed by atoms with Crippen LogP contribution in [0.2, 0.25) is 4.34 Å². The maximum Gasteiger partial charge on any atom is 0.107 e. The zero-order valence-corrected chi connectivity index (χ0v) is 14.5. The van der Waals surface area contributed by atoms with E-state index in [1.54, 1.807) is 11.3 Å². The maximum atomic E-state index is 6.14. The van der Waals surface area contributed by atoms with Crippen LogP contribution in [-0.4, -0.2) is 35.0 Å². The average molecular weight is 370 g/mol. The molecule has 18 heavy (non-hydrogen) atoms. The quantitative estimate of drug-likeness (QED) is 0.873. The van der Waals surface area contributed by atoms with Crippen LogP contribution in [0, 0.1) is 0 Å². The molecule has 0 amide bonds. The van der Waals surface area contributed by atoms with Gasteiger partial charge in [-0.15, -0.1) is 11.3 Å². The molecule has 1 aromatic rings. The molecule has 0 aromatic carbocycles. The van der Waals surface area contributed by atoms with E-state index in [0.29, 0.717) is 17.8 Å². The molecule has 0 aliphatic carbocycles. The highest BCUT2D eigenvalue weighted by Crippen LogP contribution is 2.39. The lowest BCUT2D eigenvalue weighted by Crippen LogP contribution is -2.48. The minimum atomic E-state index is 0.289. The van der Waals surface area contributed by atoms with Crippen molar-refractivity contribution in [2.24, 2.45) is 5.73 Å². The third-order valence-corrected chi connectivity index (χ3v) is 7.46. The zero-order valence-electron chi connectivity index (χ0n) is 10.5. The topological polar surface area (TPSA) is 29.3 Å². The van der Waals surface area contributed by atoms with Crippen LogP contribution in [0.3, 0.4) is 0 Å². The lowest BCUT2D eigenvalue weighted by molar-refractivity contribution is 0.153. The van der Waals surface area contributed by atoms with Gasteiger partial charge in [0.1, 0.15) is 4.34 Å². The highest BCUT2D eigenvalue weighted by Gasteiger charge is 2.31. The summed E-state index contributed by atoms with van der Waals surface area (Å²) in [7, 11) is 0. The van der Waals surface area contributed by atoms with Gasteiger partial charge in [-0.05, 0) is 28.9 Å². The van der Waals surface area contributed by atoms with Crippen molar-refractivity contribution in [3.05, 3.63) is 19.8 Å². The van der Waals surface area contributed by atoms with Crippen LogP contribution in [-0.2, 0) is 0 Å². The number of halogens is 2. The molecular weight excluding hydrogens is 352 g/mol. The van der Waals surface area contributed by atoms with Gasteiger partial charge in [0.15, 0.2) is 0 Å².